The first-order valence-electron chi connectivity index (χ1n) is 7.96. The SMILES string of the molecule is CCN1CCN(C2=NC3(CCCC3)[C@H](C#N)C(=O)N2)CC1. The van der Waals surface area contributed by atoms with E-state index in [1.807, 2.05) is 0 Å². The second-order valence-corrected chi connectivity index (χ2v) is 6.22. The van der Waals surface area contributed by atoms with E-state index < -0.39 is 11.5 Å². The van der Waals surface area contributed by atoms with Gasteiger partial charge >= 0.3 is 0 Å². The van der Waals surface area contributed by atoms with Gasteiger partial charge < -0.3 is 9.80 Å². The quantitative estimate of drug-likeness (QED) is 0.766. The summed E-state index contributed by atoms with van der Waals surface area (Å²) < 4.78 is 0. The summed E-state index contributed by atoms with van der Waals surface area (Å²) in [7, 11) is 0. The van der Waals surface area contributed by atoms with E-state index in [-0.39, 0.29) is 5.91 Å². The molecule has 0 bridgehead atoms. The summed E-state index contributed by atoms with van der Waals surface area (Å²) in [6.45, 7) is 7.01. The van der Waals surface area contributed by atoms with Crippen molar-refractivity contribution in [1.82, 2.24) is 15.1 Å². The van der Waals surface area contributed by atoms with Crippen LogP contribution >= 0.6 is 0 Å². The molecule has 2 aliphatic heterocycles. The smallest absolute Gasteiger partial charge is 0.246 e. The molecule has 1 N–H and O–H groups in total. The van der Waals surface area contributed by atoms with Crippen LogP contribution in [0.5, 0.6) is 0 Å². The third-order valence-electron chi connectivity index (χ3n) is 5.08. The summed E-state index contributed by atoms with van der Waals surface area (Å²) in [5.41, 5.74) is -0.464. The van der Waals surface area contributed by atoms with Gasteiger partial charge in [-0.05, 0) is 19.4 Å². The molecule has 0 aromatic carbocycles. The highest BCUT2D eigenvalue weighted by molar-refractivity contribution is 6.02. The average molecular weight is 289 g/mol. The molecule has 0 unspecified atom stereocenters. The second kappa shape index (κ2) is 5.64. The normalized spacial score (nSPS) is 29.1. The molecule has 21 heavy (non-hydrogen) atoms. The number of nitriles is 1. The number of carbonyl (C=O) groups is 1. The lowest BCUT2D eigenvalue weighted by atomic mass is 9.82. The molecular formula is C15H23N5O. The molecule has 0 aromatic rings. The van der Waals surface area contributed by atoms with Gasteiger partial charge in [0.15, 0.2) is 5.92 Å². The molecule has 6 nitrogen and oxygen atoms in total. The highest BCUT2D eigenvalue weighted by atomic mass is 16.2. The fourth-order valence-corrected chi connectivity index (χ4v) is 3.72. The Bertz CT molecular complexity index is 481. The Labute approximate surface area is 125 Å². The molecular weight excluding hydrogens is 266 g/mol. The Morgan fingerprint density at radius 3 is 2.57 bits per heavy atom. The minimum atomic E-state index is -0.624. The molecule has 1 atom stereocenters. The zero-order valence-electron chi connectivity index (χ0n) is 12.6. The molecule has 0 aromatic heterocycles. The molecule has 114 valence electrons. The summed E-state index contributed by atoms with van der Waals surface area (Å²) in [4.78, 5) is 21.7. The minimum absolute atomic E-state index is 0.165. The van der Waals surface area contributed by atoms with Crippen LogP contribution in [0.25, 0.3) is 0 Å². The molecule has 1 amide bonds. The van der Waals surface area contributed by atoms with Crippen LogP contribution in [-0.2, 0) is 4.79 Å². The molecule has 2 fully saturated rings. The highest BCUT2D eigenvalue weighted by Gasteiger charge is 2.49. The molecule has 1 saturated heterocycles. The summed E-state index contributed by atoms with van der Waals surface area (Å²) in [6.07, 6.45) is 3.84. The van der Waals surface area contributed by atoms with Crippen molar-refractivity contribution in [1.29, 1.82) is 5.26 Å². The van der Waals surface area contributed by atoms with E-state index >= 15 is 0 Å². The van der Waals surface area contributed by atoms with Crippen molar-refractivity contribution in [3.05, 3.63) is 0 Å². The zero-order chi connectivity index (χ0) is 14.9. The second-order valence-electron chi connectivity index (χ2n) is 6.22. The topological polar surface area (TPSA) is 71.7 Å². The van der Waals surface area contributed by atoms with Gasteiger partial charge in [-0.3, -0.25) is 10.1 Å². The maximum Gasteiger partial charge on any atom is 0.246 e. The first kappa shape index (κ1) is 14.3. The van der Waals surface area contributed by atoms with Crippen molar-refractivity contribution >= 4 is 11.9 Å². The average Bonchev–Trinajstić information content (AvgIpc) is 2.96. The van der Waals surface area contributed by atoms with E-state index in [4.69, 9.17) is 4.99 Å². The van der Waals surface area contributed by atoms with Gasteiger partial charge in [-0.2, -0.15) is 5.26 Å². The van der Waals surface area contributed by atoms with E-state index in [2.05, 4.69) is 28.1 Å². The molecule has 1 aliphatic carbocycles. The Hall–Kier alpha value is -1.61. The Morgan fingerprint density at radius 1 is 1.33 bits per heavy atom. The molecule has 0 radical (unpaired) electrons. The maximum atomic E-state index is 12.3. The van der Waals surface area contributed by atoms with Gasteiger partial charge in [0, 0.05) is 26.2 Å². The number of hydrogen-bond donors (Lipinski definition) is 1. The number of piperazine rings is 1. The molecule has 3 rings (SSSR count). The van der Waals surface area contributed by atoms with Gasteiger partial charge in [-0.25, -0.2) is 4.99 Å². The lowest BCUT2D eigenvalue weighted by Gasteiger charge is -2.40. The van der Waals surface area contributed by atoms with E-state index in [1.54, 1.807) is 0 Å². The number of amides is 1. The van der Waals surface area contributed by atoms with Gasteiger partial charge in [0.05, 0.1) is 11.6 Å². The number of guanidine groups is 1. The molecule has 1 spiro atoms. The van der Waals surface area contributed by atoms with Crippen LogP contribution in [0.4, 0.5) is 0 Å². The van der Waals surface area contributed by atoms with Crippen LogP contribution in [0, 0.1) is 17.2 Å². The largest absolute Gasteiger partial charge is 0.340 e. The van der Waals surface area contributed by atoms with Crippen LogP contribution in [0.1, 0.15) is 32.6 Å². The van der Waals surface area contributed by atoms with Crippen molar-refractivity contribution in [2.45, 2.75) is 38.1 Å². The van der Waals surface area contributed by atoms with Crippen molar-refractivity contribution in [2.24, 2.45) is 10.9 Å². The van der Waals surface area contributed by atoms with E-state index in [1.165, 1.54) is 0 Å². The third-order valence-corrected chi connectivity index (χ3v) is 5.08. The van der Waals surface area contributed by atoms with Gasteiger partial charge in [0.25, 0.3) is 0 Å². The highest BCUT2D eigenvalue weighted by Crippen LogP contribution is 2.41. The first-order chi connectivity index (χ1) is 10.2. The molecule has 6 heteroatoms. The summed E-state index contributed by atoms with van der Waals surface area (Å²) in [5.74, 6) is -0.0906. The van der Waals surface area contributed by atoms with Crippen LogP contribution in [-0.4, -0.2) is 59.9 Å². The predicted octanol–water partition coefficient (Wildman–Crippen LogP) is 0.562. The monoisotopic (exact) mass is 289 g/mol. The van der Waals surface area contributed by atoms with E-state index in [0.29, 0.717) is 5.96 Å². The fraction of sp³-hybridized carbons (Fsp3) is 0.800. The van der Waals surface area contributed by atoms with Gasteiger partial charge in [-0.15, -0.1) is 0 Å². The fourth-order valence-electron chi connectivity index (χ4n) is 3.72. The lowest BCUT2D eigenvalue weighted by Crippen LogP contribution is -2.59. The summed E-state index contributed by atoms with van der Waals surface area (Å²) in [5, 5.41) is 12.2. The van der Waals surface area contributed by atoms with Crippen LogP contribution in [0.2, 0.25) is 0 Å². The van der Waals surface area contributed by atoms with Crippen molar-refractivity contribution < 1.29 is 4.79 Å². The van der Waals surface area contributed by atoms with Gasteiger partial charge in [0.2, 0.25) is 11.9 Å². The number of rotatable bonds is 1. The number of nitrogens with zero attached hydrogens (tertiary/aromatic N) is 4. The molecule has 3 aliphatic rings. The van der Waals surface area contributed by atoms with Crippen molar-refractivity contribution in [2.75, 3.05) is 32.7 Å². The summed E-state index contributed by atoms with van der Waals surface area (Å²) >= 11 is 0. The lowest BCUT2D eigenvalue weighted by molar-refractivity contribution is -0.124. The van der Waals surface area contributed by atoms with E-state index in [0.717, 1.165) is 58.4 Å². The van der Waals surface area contributed by atoms with Crippen LogP contribution in [0.3, 0.4) is 0 Å². The zero-order valence-corrected chi connectivity index (χ0v) is 12.6. The maximum absolute atomic E-state index is 12.3. The minimum Gasteiger partial charge on any atom is -0.340 e. The van der Waals surface area contributed by atoms with Crippen LogP contribution in [0.15, 0.2) is 4.99 Å². The van der Waals surface area contributed by atoms with E-state index in [9.17, 15) is 10.1 Å². The first-order valence-corrected chi connectivity index (χ1v) is 7.96. The Balaban J connectivity index is 1.81. The Kier molecular flexibility index (Phi) is 3.85. The van der Waals surface area contributed by atoms with Gasteiger partial charge in [0.1, 0.15) is 0 Å². The molecule has 1 saturated carbocycles. The van der Waals surface area contributed by atoms with Gasteiger partial charge in [-0.1, -0.05) is 19.8 Å². The number of aliphatic imine (C=N–C) groups is 1. The number of likely N-dealkylation sites (N-methyl/N-ethyl adjacent to an activating group) is 1. The summed E-state index contributed by atoms with van der Waals surface area (Å²) in [6, 6.07) is 2.18. The van der Waals surface area contributed by atoms with Crippen molar-refractivity contribution in [3.63, 3.8) is 0 Å². The Morgan fingerprint density at radius 2 is 2.00 bits per heavy atom. The van der Waals surface area contributed by atoms with Crippen LogP contribution < -0.4 is 5.32 Å². The predicted molar refractivity (Wildman–Crippen MR) is 79.6 cm³/mol. The number of nitrogens with one attached hydrogen (secondary N) is 1. The third kappa shape index (κ3) is 2.51. The molecule has 2 heterocycles. The van der Waals surface area contributed by atoms with Crippen molar-refractivity contribution in [3.8, 4) is 6.07 Å². The standard InChI is InChI=1S/C15H23N5O/c1-2-19-7-9-20(10-8-19)14-17-13(21)12(11-16)15(18-14)5-3-4-6-15/h12H,2-10H2,1H3,(H,17,18,21)/t12-/m1/s1. The number of carbonyl (C=O) groups excluding carboxylic acids is 1. The number of hydrogen-bond acceptors (Lipinski definition) is 5.